The van der Waals surface area contributed by atoms with E-state index < -0.39 is 6.04 Å². The Morgan fingerprint density at radius 2 is 1.53 bits per heavy atom. The Kier molecular flexibility index (Phi) is 9.55. The molecule has 0 radical (unpaired) electrons. The second kappa shape index (κ2) is 12.6. The Balaban J connectivity index is 1.97. The van der Waals surface area contributed by atoms with Crippen LogP contribution < -0.4 is 5.32 Å². The molecule has 2 amide bonds. The van der Waals surface area contributed by atoms with Gasteiger partial charge < -0.3 is 10.2 Å². The van der Waals surface area contributed by atoms with Gasteiger partial charge in [0.15, 0.2) is 0 Å². The maximum atomic E-state index is 13.7. The van der Waals surface area contributed by atoms with Gasteiger partial charge in [-0.3, -0.25) is 9.59 Å². The van der Waals surface area contributed by atoms with Gasteiger partial charge in [-0.1, -0.05) is 96.9 Å². The summed E-state index contributed by atoms with van der Waals surface area (Å²) in [4.78, 5) is 28.8. The fourth-order valence-electron chi connectivity index (χ4n) is 3.70. The van der Waals surface area contributed by atoms with Crippen molar-refractivity contribution in [3.63, 3.8) is 0 Å². The van der Waals surface area contributed by atoms with Crippen LogP contribution in [0, 0.1) is 0 Å². The molecule has 0 aliphatic heterocycles. The molecule has 3 aromatic rings. The first-order valence-electron chi connectivity index (χ1n) is 11.5. The molecule has 1 N–H and O–H groups in total. The summed E-state index contributed by atoms with van der Waals surface area (Å²) in [5.41, 5.74) is 2.62. The van der Waals surface area contributed by atoms with E-state index in [-0.39, 0.29) is 24.3 Å². The van der Waals surface area contributed by atoms with E-state index in [1.165, 1.54) is 0 Å². The number of nitrogens with one attached hydrogen (secondary N) is 1. The van der Waals surface area contributed by atoms with Crippen LogP contribution in [0.25, 0.3) is 0 Å². The lowest BCUT2D eigenvalue weighted by Gasteiger charge is -2.32. The van der Waals surface area contributed by atoms with Gasteiger partial charge in [-0.25, -0.2) is 0 Å². The Morgan fingerprint density at radius 1 is 0.912 bits per heavy atom. The molecule has 0 bridgehead atoms. The molecule has 4 nitrogen and oxygen atoms in total. The molecule has 2 atom stereocenters. The number of benzene rings is 3. The monoisotopic (exact) mass is 496 g/mol. The Labute approximate surface area is 211 Å². The predicted octanol–water partition coefficient (Wildman–Crippen LogP) is 6.09. The third kappa shape index (κ3) is 7.34. The van der Waals surface area contributed by atoms with Crippen molar-refractivity contribution in [3.8, 4) is 0 Å². The second-order valence-electron chi connectivity index (χ2n) is 8.44. The lowest BCUT2D eigenvalue weighted by molar-refractivity contribution is -0.141. The van der Waals surface area contributed by atoms with E-state index in [1.807, 2.05) is 74.5 Å². The summed E-state index contributed by atoms with van der Waals surface area (Å²) in [6.07, 6.45) is 1.29. The highest BCUT2D eigenvalue weighted by molar-refractivity contribution is 6.35. The molecule has 0 fully saturated rings. The third-order valence-corrected chi connectivity index (χ3v) is 6.41. The first-order chi connectivity index (χ1) is 16.4. The molecule has 0 aliphatic carbocycles. The Morgan fingerprint density at radius 3 is 2.12 bits per heavy atom. The van der Waals surface area contributed by atoms with Crippen LogP contribution in [0.2, 0.25) is 10.0 Å². The lowest BCUT2D eigenvalue weighted by atomic mass is 10.0. The van der Waals surface area contributed by atoms with Gasteiger partial charge in [0, 0.05) is 29.1 Å². The van der Waals surface area contributed by atoms with Crippen molar-refractivity contribution in [2.24, 2.45) is 0 Å². The third-order valence-electron chi connectivity index (χ3n) is 5.82. The van der Waals surface area contributed by atoms with Crippen molar-refractivity contribution in [3.05, 3.63) is 106 Å². The molecule has 0 spiro atoms. The summed E-state index contributed by atoms with van der Waals surface area (Å²) in [7, 11) is 0. The zero-order valence-corrected chi connectivity index (χ0v) is 21.0. The molecule has 0 saturated heterocycles. The normalized spacial score (nSPS) is 12.6. The molecular weight excluding hydrogens is 467 g/mol. The van der Waals surface area contributed by atoms with Crippen LogP contribution in [0.3, 0.4) is 0 Å². The van der Waals surface area contributed by atoms with Crippen LogP contribution >= 0.6 is 23.2 Å². The fraction of sp³-hybridized carbons (Fsp3) is 0.286. The number of hydrogen-bond donors (Lipinski definition) is 1. The van der Waals surface area contributed by atoms with Crippen molar-refractivity contribution in [1.29, 1.82) is 0 Å². The topological polar surface area (TPSA) is 49.4 Å². The van der Waals surface area contributed by atoms with Gasteiger partial charge in [0.1, 0.15) is 6.04 Å². The number of carbonyl (C=O) groups excluding carboxylic acids is 2. The Bertz CT molecular complexity index is 1090. The summed E-state index contributed by atoms with van der Waals surface area (Å²) in [6.45, 7) is 4.30. The zero-order valence-electron chi connectivity index (χ0n) is 19.5. The van der Waals surface area contributed by atoms with Crippen molar-refractivity contribution in [2.75, 3.05) is 0 Å². The zero-order chi connectivity index (χ0) is 24.5. The molecule has 178 valence electrons. The highest BCUT2D eigenvalue weighted by Gasteiger charge is 2.31. The van der Waals surface area contributed by atoms with E-state index in [4.69, 9.17) is 23.2 Å². The highest BCUT2D eigenvalue weighted by Crippen LogP contribution is 2.23. The standard InChI is InChI=1S/C28H30Cl2N2O2/c1-3-20(2)31-28(34)26(16-21-10-6-4-7-11-21)32(19-22-12-8-5-9-13-22)27(33)17-23-14-15-24(29)18-25(23)30/h4-15,18,20,26H,3,16-17,19H2,1-2H3,(H,31,34)/t20-,26-/m0/s1. The number of rotatable bonds is 10. The van der Waals surface area contributed by atoms with E-state index in [0.717, 1.165) is 17.5 Å². The van der Waals surface area contributed by atoms with E-state index in [0.29, 0.717) is 28.6 Å². The van der Waals surface area contributed by atoms with Crippen molar-refractivity contribution in [2.45, 2.75) is 51.7 Å². The first kappa shape index (κ1) is 25.8. The highest BCUT2D eigenvalue weighted by atomic mass is 35.5. The summed E-state index contributed by atoms with van der Waals surface area (Å²) >= 11 is 12.4. The van der Waals surface area contributed by atoms with Gasteiger partial charge in [-0.2, -0.15) is 0 Å². The van der Waals surface area contributed by atoms with Gasteiger partial charge in [0.25, 0.3) is 0 Å². The minimum atomic E-state index is -0.671. The number of nitrogens with zero attached hydrogens (tertiary/aromatic N) is 1. The van der Waals surface area contributed by atoms with Crippen LogP contribution in [0.4, 0.5) is 0 Å². The fourth-order valence-corrected chi connectivity index (χ4v) is 4.18. The smallest absolute Gasteiger partial charge is 0.243 e. The molecule has 0 unspecified atom stereocenters. The molecule has 34 heavy (non-hydrogen) atoms. The summed E-state index contributed by atoms with van der Waals surface area (Å²) in [5, 5.41) is 4.02. The van der Waals surface area contributed by atoms with Crippen LogP contribution in [0.1, 0.15) is 37.0 Å². The molecular formula is C28H30Cl2N2O2. The second-order valence-corrected chi connectivity index (χ2v) is 9.29. The Hall–Kier alpha value is -2.82. The van der Waals surface area contributed by atoms with Gasteiger partial charge in [0.2, 0.25) is 11.8 Å². The quantitative estimate of drug-likeness (QED) is 0.369. The molecule has 0 saturated carbocycles. The van der Waals surface area contributed by atoms with E-state index in [2.05, 4.69) is 5.32 Å². The van der Waals surface area contributed by atoms with E-state index in [9.17, 15) is 9.59 Å². The first-order valence-corrected chi connectivity index (χ1v) is 12.2. The maximum Gasteiger partial charge on any atom is 0.243 e. The van der Waals surface area contributed by atoms with Gasteiger partial charge >= 0.3 is 0 Å². The summed E-state index contributed by atoms with van der Waals surface area (Å²) in [5.74, 6) is -0.335. The summed E-state index contributed by atoms with van der Waals surface area (Å²) in [6, 6.07) is 23.9. The predicted molar refractivity (Wildman–Crippen MR) is 139 cm³/mol. The molecule has 6 heteroatoms. The van der Waals surface area contributed by atoms with Crippen molar-refractivity contribution in [1.82, 2.24) is 10.2 Å². The molecule has 3 aromatic carbocycles. The van der Waals surface area contributed by atoms with Crippen LogP contribution in [0.5, 0.6) is 0 Å². The number of hydrogen-bond acceptors (Lipinski definition) is 2. The number of amides is 2. The lowest BCUT2D eigenvalue weighted by Crippen LogP contribution is -2.52. The minimum Gasteiger partial charge on any atom is -0.352 e. The largest absolute Gasteiger partial charge is 0.352 e. The molecule has 0 heterocycles. The van der Waals surface area contributed by atoms with Gasteiger partial charge in [-0.15, -0.1) is 0 Å². The average Bonchev–Trinajstić information content (AvgIpc) is 2.84. The van der Waals surface area contributed by atoms with Crippen LogP contribution in [-0.2, 0) is 29.0 Å². The number of halogens is 2. The number of carbonyl (C=O) groups is 2. The SMILES string of the molecule is CC[C@H](C)NC(=O)[C@H](Cc1ccccc1)N(Cc1ccccc1)C(=O)Cc1ccc(Cl)cc1Cl. The minimum absolute atomic E-state index is 0.00478. The average molecular weight is 497 g/mol. The molecule has 0 aromatic heterocycles. The van der Waals surface area contributed by atoms with Crippen LogP contribution in [-0.4, -0.2) is 28.8 Å². The molecule has 3 rings (SSSR count). The van der Waals surface area contributed by atoms with Crippen LogP contribution in [0.15, 0.2) is 78.9 Å². The maximum absolute atomic E-state index is 13.7. The van der Waals surface area contributed by atoms with Crippen molar-refractivity contribution >= 4 is 35.0 Å². The van der Waals surface area contributed by atoms with E-state index >= 15 is 0 Å². The van der Waals surface area contributed by atoms with E-state index in [1.54, 1.807) is 23.1 Å². The molecule has 0 aliphatic rings. The van der Waals surface area contributed by atoms with Gasteiger partial charge in [0.05, 0.1) is 6.42 Å². The van der Waals surface area contributed by atoms with Crippen molar-refractivity contribution < 1.29 is 9.59 Å². The van der Waals surface area contributed by atoms with Gasteiger partial charge in [-0.05, 0) is 42.2 Å². The summed E-state index contributed by atoms with van der Waals surface area (Å²) < 4.78 is 0.